The zero-order valence-electron chi connectivity index (χ0n) is 6.11. The first kappa shape index (κ1) is 10.8. The lowest BCUT2D eigenvalue weighted by Crippen LogP contribution is -2.63. The highest BCUT2D eigenvalue weighted by Gasteiger charge is 2.34. The Morgan fingerprint density at radius 1 is 1.58 bits per heavy atom. The van der Waals surface area contributed by atoms with E-state index >= 15 is 0 Å². The summed E-state index contributed by atoms with van der Waals surface area (Å²) in [6.45, 7) is -0.419. The lowest BCUT2D eigenvalue weighted by atomic mass is 10.4. The van der Waals surface area contributed by atoms with E-state index in [4.69, 9.17) is 16.6 Å². The molecule has 70 valence electrons. The van der Waals surface area contributed by atoms with Gasteiger partial charge >= 0.3 is 5.97 Å². The molecule has 1 atom stereocenters. The predicted molar refractivity (Wildman–Crippen MR) is 36.6 cm³/mol. The molecule has 1 unspecified atom stereocenters. The van der Waals surface area contributed by atoms with E-state index in [0.29, 0.717) is 0 Å². The van der Waals surface area contributed by atoms with Crippen molar-refractivity contribution in [2.24, 2.45) is 17.4 Å². The van der Waals surface area contributed by atoms with E-state index < -0.39 is 24.3 Å². The van der Waals surface area contributed by atoms with Gasteiger partial charge in [0, 0.05) is 0 Å². The highest BCUT2D eigenvalue weighted by atomic mass is 16.7. The van der Waals surface area contributed by atoms with Gasteiger partial charge in [-0.05, 0) is 0 Å². The van der Waals surface area contributed by atoms with Crippen LogP contribution in [0.15, 0.2) is 0 Å². The van der Waals surface area contributed by atoms with Gasteiger partial charge in [-0.2, -0.15) is 5.90 Å². The van der Waals surface area contributed by atoms with Gasteiger partial charge in [0.25, 0.3) is 5.85 Å². The minimum Gasteiger partial charge on any atom is -0.369 e. The quantitative estimate of drug-likeness (QED) is 0.218. The summed E-state index contributed by atoms with van der Waals surface area (Å²) in [5.41, 5.74) is 9.72. The van der Waals surface area contributed by atoms with Crippen LogP contribution in [0.1, 0.15) is 0 Å². The number of nitrogens with two attached hydrogens (primary N) is 3. The molecule has 0 fully saturated rings. The second kappa shape index (κ2) is 3.97. The molecule has 0 aromatic rings. The molecule has 0 aromatic heterocycles. The van der Waals surface area contributed by atoms with Crippen LogP contribution in [0.25, 0.3) is 0 Å². The van der Waals surface area contributed by atoms with Gasteiger partial charge in [0.05, 0.1) is 6.54 Å². The third kappa shape index (κ3) is 2.80. The topological polar surface area (TPSA) is 154 Å². The number of carbonyl (C=O) groups is 2. The second-order valence-electron chi connectivity index (χ2n) is 1.92. The molecule has 0 spiro atoms. The molecule has 0 aromatic carbocycles. The first-order valence-electron chi connectivity index (χ1n) is 2.87. The van der Waals surface area contributed by atoms with E-state index in [1.54, 1.807) is 5.32 Å². The van der Waals surface area contributed by atoms with Gasteiger partial charge in [0.1, 0.15) is 0 Å². The number of aliphatic hydroxyl groups is 1. The number of hydrogen-bond acceptors (Lipinski definition) is 7. The summed E-state index contributed by atoms with van der Waals surface area (Å²) < 4.78 is 0. The van der Waals surface area contributed by atoms with Crippen LogP contribution in [0.5, 0.6) is 0 Å². The standard InChI is InChI=1S/C4H10N4O4/c5-1-2(9)8-4(6,11)3(10)12-7/h11H,1,5-7H2,(H,8,9). The van der Waals surface area contributed by atoms with Crippen LogP contribution < -0.4 is 22.7 Å². The summed E-state index contributed by atoms with van der Waals surface area (Å²) in [6.07, 6.45) is 0. The molecule has 0 saturated heterocycles. The van der Waals surface area contributed by atoms with Crippen molar-refractivity contribution in [1.29, 1.82) is 0 Å². The van der Waals surface area contributed by atoms with Crippen LogP contribution in [0.3, 0.4) is 0 Å². The van der Waals surface area contributed by atoms with Gasteiger partial charge in [-0.1, -0.05) is 0 Å². The smallest absolute Gasteiger partial charge is 0.369 e. The normalized spacial score (nSPS) is 14.7. The summed E-state index contributed by atoms with van der Waals surface area (Å²) in [5.74, 6) is -0.430. The molecular weight excluding hydrogens is 168 g/mol. The molecule has 0 radical (unpaired) electrons. The van der Waals surface area contributed by atoms with Crippen molar-refractivity contribution in [1.82, 2.24) is 5.32 Å². The monoisotopic (exact) mass is 178 g/mol. The molecule has 8 N–H and O–H groups in total. The van der Waals surface area contributed by atoms with Crippen molar-refractivity contribution in [3.05, 3.63) is 0 Å². The molecule has 12 heavy (non-hydrogen) atoms. The minimum atomic E-state index is -2.63. The van der Waals surface area contributed by atoms with Gasteiger partial charge in [-0.15, -0.1) is 0 Å². The van der Waals surface area contributed by atoms with Gasteiger partial charge < -0.3 is 21.0 Å². The van der Waals surface area contributed by atoms with E-state index in [-0.39, 0.29) is 0 Å². The SMILES string of the molecule is NCC(=O)NC(N)(O)C(=O)ON. The Kier molecular flexibility index (Phi) is 3.57. The molecule has 0 rings (SSSR count). The molecule has 8 nitrogen and oxygen atoms in total. The number of amides is 1. The summed E-state index contributed by atoms with van der Waals surface area (Å²) in [7, 11) is 0. The minimum absolute atomic E-state index is 0.419. The average molecular weight is 178 g/mol. The molecule has 1 amide bonds. The number of nitrogens with one attached hydrogen (secondary N) is 1. The number of carbonyl (C=O) groups excluding carboxylic acids is 2. The van der Waals surface area contributed by atoms with Crippen LogP contribution in [-0.2, 0) is 14.4 Å². The van der Waals surface area contributed by atoms with Crippen LogP contribution in [-0.4, -0.2) is 29.4 Å². The molecule has 0 aliphatic carbocycles. The lowest BCUT2D eigenvalue weighted by Gasteiger charge is -2.19. The van der Waals surface area contributed by atoms with E-state index in [0.717, 1.165) is 0 Å². The maximum Gasteiger partial charge on any atom is 0.394 e. The first-order chi connectivity index (χ1) is 5.44. The fraction of sp³-hybridized carbons (Fsp3) is 0.500. The largest absolute Gasteiger partial charge is 0.394 e. The van der Waals surface area contributed by atoms with Crippen molar-refractivity contribution in [2.75, 3.05) is 6.54 Å². The Bertz CT molecular complexity index is 191. The summed E-state index contributed by atoms with van der Waals surface area (Å²) in [5, 5.41) is 10.6. The van der Waals surface area contributed by atoms with Crippen LogP contribution in [0.4, 0.5) is 0 Å². The van der Waals surface area contributed by atoms with Crippen molar-refractivity contribution in [2.45, 2.75) is 5.85 Å². The first-order valence-corrected chi connectivity index (χ1v) is 2.87. The Hall–Kier alpha value is -1.22. The average Bonchev–Trinajstić information content (AvgIpc) is 2.02. The van der Waals surface area contributed by atoms with Crippen LogP contribution in [0, 0.1) is 0 Å². The van der Waals surface area contributed by atoms with E-state index in [1.165, 1.54) is 0 Å². The third-order valence-electron chi connectivity index (χ3n) is 0.934. The van der Waals surface area contributed by atoms with E-state index in [9.17, 15) is 9.59 Å². The van der Waals surface area contributed by atoms with Crippen molar-refractivity contribution >= 4 is 11.9 Å². The van der Waals surface area contributed by atoms with Crippen molar-refractivity contribution in [3.63, 3.8) is 0 Å². The van der Waals surface area contributed by atoms with Gasteiger partial charge in [-0.25, -0.2) is 4.79 Å². The molecule has 0 aliphatic heterocycles. The van der Waals surface area contributed by atoms with Crippen LogP contribution in [0.2, 0.25) is 0 Å². The second-order valence-corrected chi connectivity index (χ2v) is 1.92. The molecule has 0 saturated carbocycles. The van der Waals surface area contributed by atoms with E-state index in [2.05, 4.69) is 10.7 Å². The van der Waals surface area contributed by atoms with Gasteiger partial charge in [-0.3, -0.25) is 10.5 Å². The van der Waals surface area contributed by atoms with Gasteiger partial charge in [0.15, 0.2) is 0 Å². The third-order valence-corrected chi connectivity index (χ3v) is 0.934. The van der Waals surface area contributed by atoms with E-state index in [1.807, 2.05) is 0 Å². The Labute approximate surface area is 67.6 Å². The summed E-state index contributed by atoms with van der Waals surface area (Å²) in [4.78, 5) is 24.6. The maximum atomic E-state index is 10.5. The summed E-state index contributed by atoms with van der Waals surface area (Å²) >= 11 is 0. The Balaban J connectivity index is 4.21. The Morgan fingerprint density at radius 3 is 2.42 bits per heavy atom. The lowest BCUT2D eigenvalue weighted by molar-refractivity contribution is -0.171. The number of hydrogen-bond donors (Lipinski definition) is 5. The molecular formula is C4H10N4O4. The predicted octanol–water partition coefficient (Wildman–Crippen LogP) is -3.92. The molecule has 8 heteroatoms. The molecule has 0 bridgehead atoms. The van der Waals surface area contributed by atoms with Crippen molar-refractivity contribution < 1.29 is 19.5 Å². The molecule has 0 heterocycles. The van der Waals surface area contributed by atoms with Gasteiger partial charge in [0.2, 0.25) is 5.91 Å². The zero-order valence-corrected chi connectivity index (χ0v) is 6.11. The summed E-state index contributed by atoms with van der Waals surface area (Å²) in [6, 6.07) is 0. The zero-order chi connectivity index (χ0) is 9.78. The highest BCUT2D eigenvalue weighted by Crippen LogP contribution is 1.90. The van der Waals surface area contributed by atoms with Crippen LogP contribution >= 0.6 is 0 Å². The Morgan fingerprint density at radius 2 is 2.08 bits per heavy atom. The van der Waals surface area contributed by atoms with Crippen molar-refractivity contribution in [3.8, 4) is 0 Å². The maximum absolute atomic E-state index is 10.5. The molecule has 0 aliphatic rings. The fourth-order valence-corrected chi connectivity index (χ4v) is 0.404. The fourth-order valence-electron chi connectivity index (χ4n) is 0.404. The highest BCUT2D eigenvalue weighted by molar-refractivity contribution is 5.86. The number of rotatable bonds is 3.